The summed E-state index contributed by atoms with van der Waals surface area (Å²) in [5.41, 5.74) is 0. The first kappa shape index (κ1) is 7.42. The van der Waals surface area contributed by atoms with Crippen molar-refractivity contribution in [3.63, 3.8) is 0 Å². The maximum absolute atomic E-state index is 5.04. The van der Waals surface area contributed by atoms with Crippen LogP contribution >= 0.6 is 11.8 Å². The number of thioether (sulfide) groups is 1. The minimum absolute atomic E-state index is 0.830. The molecule has 0 aromatic carbocycles. The molecule has 0 bridgehead atoms. The minimum Gasteiger partial charge on any atom is -0.379 e. The molecule has 1 heterocycles. The Kier molecular flexibility index (Phi) is 3.44. The molecular formula is C7H14OS. The van der Waals surface area contributed by atoms with Crippen molar-refractivity contribution in [2.75, 3.05) is 19.0 Å². The van der Waals surface area contributed by atoms with Gasteiger partial charge in [0.15, 0.2) is 0 Å². The molecule has 0 unspecified atom stereocenters. The van der Waals surface area contributed by atoms with E-state index in [0.717, 1.165) is 18.5 Å². The lowest BCUT2D eigenvalue weighted by atomic mass is 10.4. The molecule has 0 saturated carbocycles. The van der Waals surface area contributed by atoms with Crippen LogP contribution in [0.25, 0.3) is 0 Å². The zero-order valence-electron chi connectivity index (χ0n) is 5.93. The van der Waals surface area contributed by atoms with Gasteiger partial charge in [0.25, 0.3) is 0 Å². The molecule has 9 heavy (non-hydrogen) atoms. The van der Waals surface area contributed by atoms with Gasteiger partial charge >= 0.3 is 0 Å². The van der Waals surface area contributed by atoms with Crippen LogP contribution in [-0.2, 0) is 4.74 Å². The van der Waals surface area contributed by atoms with E-state index < -0.39 is 0 Å². The van der Waals surface area contributed by atoms with Gasteiger partial charge in [0.2, 0.25) is 0 Å². The lowest BCUT2D eigenvalue weighted by Crippen LogP contribution is -2.30. The number of rotatable bonds is 4. The first-order chi connectivity index (χ1) is 4.43. The second-order valence-electron chi connectivity index (χ2n) is 2.38. The molecule has 54 valence electrons. The summed E-state index contributed by atoms with van der Waals surface area (Å²) in [4.78, 5) is 0. The molecule has 1 fully saturated rings. The van der Waals surface area contributed by atoms with Crippen LogP contribution in [0.5, 0.6) is 0 Å². The zero-order chi connectivity index (χ0) is 6.53. The molecule has 1 aliphatic heterocycles. The smallest absolute Gasteiger partial charge is 0.0607 e. The van der Waals surface area contributed by atoms with Crippen LogP contribution in [0.4, 0.5) is 0 Å². The summed E-state index contributed by atoms with van der Waals surface area (Å²) in [6.45, 7) is 4.22. The van der Waals surface area contributed by atoms with Crippen molar-refractivity contribution in [2.24, 2.45) is 0 Å². The largest absolute Gasteiger partial charge is 0.379 e. The van der Waals surface area contributed by atoms with Crippen molar-refractivity contribution in [3.8, 4) is 0 Å². The third-order valence-electron chi connectivity index (χ3n) is 1.46. The van der Waals surface area contributed by atoms with E-state index >= 15 is 0 Å². The van der Waals surface area contributed by atoms with Gasteiger partial charge in [-0.2, -0.15) is 11.8 Å². The van der Waals surface area contributed by atoms with Gasteiger partial charge < -0.3 is 4.74 Å². The first-order valence-electron chi connectivity index (χ1n) is 3.63. The molecule has 1 rings (SSSR count). The zero-order valence-corrected chi connectivity index (χ0v) is 6.75. The van der Waals surface area contributed by atoms with Crippen LogP contribution in [0.2, 0.25) is 0 Å². The van der Waals surface area contributed by atoms with E-state index in [1.54, 1.807) is 0 Å². The molecule has 1 aliphatic rings. The molecular weight excluding hydrogens is 132 g/mol. The lowest BCUT2D eigenvalue weighted by molar-refractivity contribution is 0.0455. The third-order valence-corrected chi connectivity index (χ3v) is 2.73. The molecule has 0 radical (unpaired) electrons. The second-order valence-corrected chi connectivity index (χ2v) is 3.79. The first-order valence-corrected chi connectivity index (χ1v) is 4.67. The van der Waals surface area contributed by atoms with Gasteiger partial charge in [0, 0.05) is 0 Å². The van der Waals surface area contributed by atoms with Crippen molar-refractivity contribution in [1.82, 2.24) is 0 Å². The van der Waals surface area contributed by atoms with Gasteiger partial charge in [0.1, 0.15) is 0 Å². The lowest BCUT2D eigenvalue weighted by Gasteiger charge is -2.24. The van der Waals surface area contributed by atoms with Crippen molar-refractivity contribution in [2.45, 2.75) is 25.0 Å². The minimum atomic E-state index is 0.830. The summed E-state index contributed by atoms with van der Waals surface area (Å²) < 4.78 is 5.04. The van der Waals surface area contributed by atoms with Gasteiger partial charge in [-0.3, -0.25) is 0 Å². The van der Waals surface area contributed by atoms with Crippen LogP contribution in [0.3, 0.4) is 0 Å². The van der Waals surface area contributed by atoms with Crippen LogP contribution in [0, 0.1) is 0 Å². The molecule has 0 spiro atoms. The molecule has 2 heteroatoms. The summed E-state index contributed by atoms with van der Waals surface area (Å²) in [7, 11) is 0. The highest BCUT2D eigenvalue weighted by molar-refractivity contribution is 8.00. The Labute approximate surface area is 61.2 Å². The quantitative estimate of drug-likeness (QED) is 0.560. The van der Waals surface area contributed by atoms with Crippen LogP contribution in [-0.4, -0.2) is 24.2 Å². The Bertz CT molecular complexity index is 71.3. The second kappa shape index (κ2) is 4.18. The Morgan fingerprint density at radius 2 is 2.33 bits per heavy atom. The number of ether oxygens (including phenoxy) is 1. The Balaban J connectivity index is 1.80. The van der Waals surface area contributed by atoms with Crippen molar-refractivity contribution in [1.29, 1.82) is 0 Å². The van der Waals surface area contributed by atoms with E-state index in [1.807, 2.05) is 0 Å². The predicted molar refractivity (Wildman–Crippen MR) is 42.0 cm³/mol. The summed E-state index contributed by atoms with van der Waals surface area (Å²) in [6.07, 6.45) is 2.68. The topological polar surface area (TPSA) is 9.23 Å². The van der Waals surface area contributed by atoms with E-state index in [1.165, 1.54) is 18.6 Å². The van der Waals surface area contributed by atoms with E-state index in [9.17, 15) is 0 Å². The van der Waals surface area contributed by atoms with Gasteiger partial charge in [-0.1, -0.05) is 13.3 Å². The summed E-state index contributed by atoms with van der Waals surface area (Å²) in [6, 6.07) is 0. The monoisotopic (exact) mass is 146 g/mol. The highest BCUT2D eigenvalue weighted by Gasteiger charge is 2.17. The molecule has 1 saturated heterocycles. The number of hydrogen-bond donors (Lipinski definition) is 0. The fourth-order valence-electron chi connectivity index (χ4n) is 0.705. The van der Waals surface area contributed by atoms with E-state index in [-0.39, 0.29) is 0 Å². The maximum atomic E-state index is 5.04. The normalized spacial score (nSPS) is 19.7. The van der Waals surface area contributed by atoms with Crippen molar-refractivity contribution >= 4 is 11.8 Å². The molecule has 0 N–H and O–H groups in total. The highest BCUT2D eigenvalue weighted by atomic mass is 32.2. The van der Waals surface area contributed by atoms with Gasteiger partial charge in [-0.15, -0.1) is 0 Å². The fraction of sp³-hybridized carbons (Fsp3) is 1.00. The summed E-state index contributed by atoms with van der Waals surface area (Å²) in [5, 5.41) is 0.830. The summed E-state index contributed by atoms with van der Waals surface area (Å²) >= 11 is 2.06. The van der Waals surface area contributed by atoms with Crippen LogP contribution in [0.15, 0.2) is 0 Å². The van der Waals surface area contributed by atoms with Gasteiger partial charge in [-0.25, -0.2) is 0 Å². The maximum Gasteiger partial charge on any atom is 0.0607 e. The molecule has 0 aromatic rings. The van der Waals surface area contributed by atoms with Gasteiger partial charge in [0.05, 0.1) is 18.5 Å². The molecule has 0 atom stereocenters. The molecule has 0 aromatic heterocycles. The third kappa shape index (κ3) is 2.59. The summed E-state index contributed by atoms with van der Waals surface area (Å²) in [5.74, 6) is 1.32. The van der Waals surface area contributed by atoms with Crippen molar-refractivity contribution < 1.29 is 4.74 Å². The van der Waals surface area contributed by atoms with Gasteiger partial charge in [-0.05, 0) is 12.2 Å². The van der Waals surface area contributed by atoms with E-state index in [2.05, 4.69) is 18.7 Å². The Morgan fingerprint density at radius 1 is 1.56 bits per heavy atom. The SMILES string of the molecule is CCCCSC1COC1. The van der Waals surface area contributed by atoms with E-state index in [0.29, 0.717) is 0 Å². The predicted octanol–water partition coefficient (Wildman–Crippen LogP) is 1.92. The Hall–Kier alpha value is 0.310. The standard InChI is InChI=1S/C7H14OS/c1-2-3-4-9-7-5-8-6-7/h7H,2-6H2,1H3. The molecule has 0 aliphatic carbocycles. The highest BCUT2D eigenvalue weighted by Crippen LogP contribution is 2.19. The average Bonchev–Trinajstić information content (AvgIpc) is 1.76. The number of hydrogen-bond acceptors (Lipinski definition) is 2. The average molecular weight is 146 g/mol. The van der Waals surface area contributed by atoms with Crippen LogP contribution in [0.1, 0.15) is 19.8 Å². The van der Waals surface area contributed by atoms with E-state index in [4.69, 9.17) is 4.74 Å². The van der Waals surface area contributed by atoms with Crippen LogP contribution < -0.4 is 0 Å². The fourth-order valence-corrected chi connectivity index (χ4v) is 1.88. The molecule has 0 amide bonds. The van der Waals surface area contributed by atoms with Crippen molar-refractivity contribution in [3.05, 3.63) is 0 Å². The Morgan fingerprint density at radius 3 is 2.78 bits per heavy atom. The molecule has 1 nitrogen and oxygen atoms in total. The number of unbranched alkanes of at least 4 members (excludes halogenated alkanes) is 1.